The van der Waals surface area contributed by atoms with Gasteiger partial charge in [0.25, 0.3) is 0 Å². The molecule has 3 heteroatoms. The van der Waals surface area contributed by atoms with Gasteiger partial charge in [0.2, 0.25) is 0 Å². The fourth-order valence-electron chi connectivity index (χ4n) is 1.79. The van der Waals surface area contributed by atoms with Crippen LogP contribution in [0.15, 0.2) is 12.1 Å². The SMILES string of the molecule is CCCC(N)CCc1c(F)ccc(C)c1F. The molecule has 90 valence electrons. The van der Waals surface area contributed by atoms with Crippen molar-refractivity contribution < 1.29 is 8.78 Å². The lowest BCUT2D eigenvalue weighted by Gasteiger charge is -2.11. The molecule has 16 heavy (non-hydrogen) atoms. The first kappa shape index (κ1) is 13.1. The van der Waals surface area contributed by atoms with Crippen LogP contribution in [0.1, 0.15) is 37.3 Å². The summed E-state index contributed by atoms with van der Waals surface area (Å²) in [5.41, 5.74) is 6.48. The monoisotopic (exact) mass is 227 g/mol. The van der Waals surface area contributed by atoms with Gasteiger partial charge in [-0.1, -0.05) is 19.4 Å². The Morgan fingerprint density at radius 2 is 1.94 bits per heavy atom. The molecular formula is C13H19F2N. The molecule has 0 aromatic heterocycles. The minimum absolute atomic E-state index is 0.0318. The van der Waals surface area contributed by atoms with E-state index >= 15 is 0 Å². The van der Waals surface area contributed by atoms with Gasteiger partial charge < -0.3 is 5.73 Å². The molecule has 0 aliphatic rings. The largest absolute Gasteiger partial charge is 0.328 e. The summed E-state index contributed by atoms with van der Waals surface area (Å²) >= 11 is 0. The van der Waals surface area contributed by atoms with Gasteiger partial charge in [0.1, 0.15) is 11.6 Å². The quantitative estimate of drug-likeness (QED) is 0.820. The van der Waals surface area contributed by atoms with Gasteiger partial charge in [-0.25, -0.2) is 8.78 Å². The Morgan fingerprint density at radius 3 is 2.56 bits per heavy atom. The van der Waals surface area contributed by atoms with Crippen LogP contribution in [0.3, 0.4) is 0 Å². The molecule has 2 N–H and O–H groups in total. The maximum absolute atomic E-state index is 13.6. The molecule has 0 aliphatic carbocycles. The van der Waals surface area contributed by atoms with Crippen LogP contribution >= 0.6 is 0 Å². The molecule has 0 fully saturated rings. The molecule has 0 amide bonds. The first-order valence-corrected chi connectivity index (χ1v) is 5.75. The van der Waals surface area contributed by atoms with Gasteiger partial charge in [-0.2, -0.15) is 0 Å². The van der Waals surface area contributed by atoms with E-state index < -0.39 is 11.6 Å². The van der Waals surface area contributed by atoms with Crippen molar-refractivity contribution in [3.8, 4) is 0 Å². The first-order valence-electron chi connectivity index (χ1n) is 5.75. The number of nitrogens with two attached hydrogens (primary N) is 1. The minimum Gasteiger partial charge on any atom is -0.328 e. The smallest absolute Gasteiger partial charge is 0.132 e. The maximum Gasteiger partial charge on any atom is 0.132 e. The van der Waals surface area contributed by atoms with E-state index in [4.69, 9.17) is 5.73 Å². The normalized spacial score (nSPS) is 12.8. The summed E-state index contributed by atoms with van der Waals surface area (Å²) in [6, 6.07) is 2.81. The van der Waals surface area contributed by atoms with E-state index in [1.165, 1.54) is 12.1 Å². The standard InChI is InChI=1S/C13H19F2N/c1-3-4-10(16)6-7-11-12(14)8-5-9(2)13(11)15/h5,8,10H,3-4,6-7,16H2,1-2H3. The number of halogens is 2. The molecule has 0 radical (unpaired) electrons. The molecule has 1 aromatic carbocycles. The van der Waals surface area contributed by atoms with Gasteiger partial charge in [0.05, 0.1) is 0 Å². The van der Waals surface area contributed by atoms with Crippen LogP contribution in [0.25, 0.3) is 0 Å². The van der Waals surface area contributed by atoms with E-state index in [9.17, 15) is 8.78 Å². The highest BCUT2D eigenvalue weighted by atomic mass is 19.1. The van der Waals surface area contributed by atoms with Crippen LogP contribution in [0.2, 0.25) is 0 Å². The molecule has 0 saturated carbocycles. The molecule has 1 rings (SSSR count). The lowest BCUT2D eigenvalue weighted by atomic mass is 10.0. The lowest BCUT2D eigenvalue weighted by Crippen LogP contribution is -2.20. The van der Waals surface area contributed by atoms with E-state index in [0.717, 1.165) is 12.8 Å². The van der Waals surface area contributed by atoms with Gasteiger partial charge in [0.15, 0.2) is 0 Å². The van der Waals surface area contributed by atoms with Gasteiger partial charge >= 0.3 is 0 Å². The van der Waals surface area contributed by atoms with E-state index in [0.29, 0.717) is 18.4 Å². The average molecular weight is 227 g/mol. The third kappa shape index (κ3) is 3.27. The number of rotatable bonds is 5. The molecule has 0 saturated heterocycles. The van der Waals surface area contributed by atoms with Crippen LogP contribution < -0.4 is 5.73 Å². The lowest BCUT2D eigenvalue weighted by molar-refractivity contribution is 0.515. The fourth-order valence-corrected chi connectivity index (χ4v) is 1.79. The van der Waals surface area contributed by atoms with E-state index in [1.54, 1.807) is 6.92 Å². The highest BCUT2D eigenvalue weighted by Gasteiger charge is 2.12. The number of aryl methyl sites for hydroxylation is 1. The second-order valence-electron chi connectivity index (χ2n) is 4.24. The minimum atomic E-state index is -0.466. The summed E-state index contributed by atoms with van der Waals surface area (Å²) in [5.74, 6) is -0.893. The van der Waals surface area contributed by atoms with E-state index in [1.807, 2.05) is 6.92 Å². The van der Waals surface area contributed by atoms with Crippen molar-refractivity contribution >= 4 is 0 Å². The first-order chi connectivity index (χ1) is 7.56. The number of hydrogen-bond acceptors (Lipinski definition) is 1. The van der Waals surface area contributed by atoms with Crippen molar-refractivity contribution in [2.75, 3.05) is 0 Å². The zero-order valence-corrected chi connectivity index (χ0v) is 9.89. The van der Waals surface area contributed by atoms with Gasteiger partial charge in [-0.15, -0.1) is 0 Å². The van der Waals surface area contributed by atoms with Crippen LogP contribution in [0.5, 0.6) is 0 Å². The molecule has 0 aliphatic heterocycles. The van der Waals surface area contributed by atoms with Gasteiger partial charge in [0, 0.05) is 11.6 Å². The Kier molecular flexibility index (Phi) is 4.87. The Morgan fingerprint density at radius 1 is 1.25 bits per heavy atom. The topological polar surface area (TPSA) is 26.0 Å². The zero-order valence-electron chi connectivity index (χ0n) is 9.89. The second-order valence-corrected chi connectivity index (χ2v) is 4.24. The van der Waals surface area contributed by atoms with Crippen LogP contribution in [0.4, 0.5) is 8.78 Å². The fraction of sp³-hybridized carbons (Fsp3) is 0.538. The predicted molar refractivity (Wildman–Crippen MR) is 62.3 cm³/mol. The number of benzene rings is 1. The highest BCUT2D eigenvalue weighted by molar-refractivity contribution is 5.26. The highest BCUT2D eigenvalue weighted by Crippen LogP contribution is 2.18. The summed E-state index contributed by atoms with van der Waals surface area (Å²) in [6.07, 6.45) is 2.90. The molecule has 0 bridgehead atoms. The van der Waals surface area contributed by atoms with Gasteiger partial charge in [-0.05, 0) is 37.8 Å². The van der Waals surface area contributed by atoms with Crippen LogP contribution in [-0.4, -0.2) is 6.04 Å². The molecule has 0 heterocycles. The Bertz CT molecular complexity index is 350. The van der Waals surface area contributed by atoms with Crippen molar-refractivity contribution in [3.63, 3.8) is 0 Å². The van der Waals surface area contributed by atoms with E-state index in [-0.39, 0.29) is 11.6 Å². The van der Waals surface area contributed by atoms with E-state index in [2.05, 4.69) is 0 Å². The molecule has 1 atom stereocenters. The van der Waals surface area contributed by atoms with Crippen LogP contribution in [-0.2, 0) is 6.42 Å². The summed E-state index contributed by atoms with van der Waals surface area (Å²) < 4.78 is 27.0. The average Bonchev–Trinajstić information content (AvgIpc) is 2.24. The molecule has 1 aromatic rings. The Hall–Kier alpha value is -0.960. The third-order valence-electron chi connectivity index (χ3n) is 2.80. The Balaban J connectivity index is 2.70. The van der Waals surface area contributed by atoms with Crippen molar-refractivity contribution in [2.24, 2.45) is 5.73 Å². The number of hydrogen-bond donors (Lipinski definition) is 1. The Labute approximate surface area is 95.7 Å². The summed E-state index contributed by atoms with van der Waals surface area (Å²) in [4.78, 5) is 0. The summed E-state index contributed by atoms with van der Waals surface area (Å²) in [6.45, 7) is 3.69. The molecular weight excluding hydrogens is 208 g/mol. The maximum atomic E-state index is 13.6. The summed E-state index contributed by atoms with van der Waals surface area (Å²) in [5, 5.41) is 0. The molecule has 0 spiro atoms. The van der Waals surface area contributed by atoms with Crippen molar-refractivity contribution in [1.82, 2.24) is 0 Å². The molecule has 1 nitrogen and oxygen atoms in total. The van der Waals surface area contributed by atoms with Gasteiger partial charge in [-0.3, -0.25) is 0 Å². The van der Waals surface area contributed by atoms with Crippen molar-refractivity contribution in [1.29, 1.82) is 0 Å². The zero-order chi connectivity index (χ0) is 12.1. The predicted octanol–water partition coefficient (Wildman–Crippen LogP) is 3.33. The van der Waals surface area contributed by atoms with Crippen molar-refractivity contribution in [2.45, 2.75) is 45.6 Å². The molecule has 1 unspecified atom stereocenters. The summed E-state index contributed by atoms with van der Waals surface area (Å²) in [7, 11) is 0. The third-order valence-corrected chi connectivity index (χ3v) is 2.80. The van der Waals surface area contributed by atoms with Crippen molar-refractivity contribution in [3.05, 3.63) is 34.9 Å². The second kappa shape index (κ2) is 5.94. The van der Waals surface area contributed by atoms with Crippen LogP contribution in [0, 0.1) is 18.6 Å².